The van der Waals surface area contributed by atoms with Gasteiger partial charge in [-0.1, -0.05) is 279 Å². The number of unbranched alkanes of at least 4 members (excludes halogenated alkanes) is 35. The first-order valence-electron chi connectivity index (χ1n) is 33.1. The van der Waals surface area contributed by atoms with Crippen LogP contribution in [-0.2, 0) is 28.6 Å². The molecule has 0 N–H and O–H groups in total. The van der Waals surface area contributed by atoms with Crippen molar-refractivity contribution in [3.05, 3.63) is 85.1 Å². The normalized spacial score (nSPS) is 12.6. The van der Waals surface area contributed by atoms with Crippen LogP contribution >= 0.6 is 0 Å². The Balaban J connectivity index is 4.34. The van der Waals surface area contributed by atoms with Gasteiger partial charge in [-0.15, -0.1) is 0 Å². The molecule has 0 aromatic carbocycles. The number of esters is 3. The molecular weight excluding hydrogens is 949 g/mol. The molecule has 0 saturated carbocycles. The van der Waals surface area contributed by atoms with Crippen LogP contribution in [-0.4, -0.2) is 37.2 Å². The van der Waals surface area contributed by atoms with Gasteiger partial charge >= 0.3 is 17.9 Å². The van der Waals surface area contributed by atoms with E-state index in [-0.39, 0.29) is 31.1 Å². The first-order valence-corrected chi connectivity index (χ1v) is 33.1. The SMILES string of the molecule is CC/C=C\C/C=C\C/C=C\CCCCCC(=O)OCC(COC(=O)CCCCCCCCCC/C=C\C/C=C\C/C=C\CCCCCCC)OC(=O)CCCCCCCCCCCCC/C=C\CCCCCCCCCC. The Morgan fingerprint density at radius 1 is 0.273 bits per heavy atom. The third-order valence-corrected chi connectivity index (χ3v) is 14.4. The van der Waals surface area contributed by atoms with Gasteiger partial charge in [0, 0.05) is 19.3 Å². The van der Waals surface area contributed by atoms with Crippen molar-refractivity contribution in [3.8, 4) is 0 Å². The van der Waals surface area contributed by atoms with Crippen molar-refractivity contribution < 1.29 is 28.6 Å². The van der Waals surface area contributed by atoms with Crippen LogP contribution in [0.25, 0.3) is 0 Å². The van der Waals surface area contributed by atoms with Gasteiger partial charge in [0.1, 0.15) is 13.2 Å². The zero-order valence-electron chi connectivity index (χ0n) is 51.0. The second kappa shape index (κ2) is 65.1. The van der Waals surface area contributed by atoms with Gasteiger partial charge in [0.25, 0.3) is 0 Å². The molecule has 0 amide bonds. The van der Waals surface area contributed by atoms with E-state index in [2.05, 4.69) is 106 Å². The molecule has 0 aliphatic carbocycles. The summed E-state index contributed by atoms with van der Waals surface area (Å²) in [7, 11) is 0. The lowest BCUT2D eigenvalue weighted by molar-refractivity contribution is -0.167. The van der Waals surface area contributed by atoms with Crippen LogP contribution in [0.15, 0.2) is 85.1 Å². The van der Waals surface area contributed by atoms with Crippen LogP contribution in [0.2, 0.25) is 0 Å². The second-order valence-corrected chi connectivity index (χ2v) is 22.0. The molecule has 1 atom stereocenters. The Morgan fingerprint density at radius 3 is 0.818 bits per heavy atom. The van der Waals surface area contributed by atoms with Crippen molar-refractivity contribution in [1.82, 2.24) is 0 Å². The van der Waals surface area contributed by atoms with Crippen LogP contribution in [0, 0.1) is 0 Å². The Labute approximate surface area is 477 Å². The molecule has 6 nitrogen and oxygen atoms in total. The van der Waals surface area contributed by atoms with Crippen LogP contribution < -0.4 is 0 Å². The van der Waals surface area contributed by atoms with E-state index in [0.29, 0.717) is 19.3 Å². The van der Waals surface area contributed by atoms with E-state index in [1.165, 1.54) is 186 Å². The van der Waals surface area contributed by atoms with Crippen molar-refractivity contribution in [2.45, 2.75) is 335 Å². The maximum atomic E-state index is 12.9. The molecule has 0 saturated heterocycles. The first-order chi connectivity index (χ1) is 38.0. The molecule has 1 unspecified atom stereocenters. The van der Waals surface area contributed by atoms with Gasteiger partial charge in [-0.25, -0.2) is 0 Å². The molecule has 0 rings (SSSR count). The lowest BCUT2D eigenvalue weighted by atomic mass is 10.0. The summed E-state index contributed by atoms with van der Waals surface area (Å²) in [6, 6.07) is 0. The van der Waals surface area contributed by atoms with E-state index >= 15 is 0 Å². The van der Waals surface area contributed by atoms with Crippen molar-refractivity contribution in [2.24, 2.45) is 0 Å². The minimum Gasteiger partial charge on any atom is -0.462 e. The molecule has 0 radical (unpaired) electrons. The maximum absolute atomic E-state index is 12.9. The molecule has 444 valence electrons. The second-order valence-electron chi connectivity index (χ2n) is 22.0. The highest BCUT2D eigenvalue weighted by Gasteiger charge is 2.19. The maximum Gasteiger partial charge on any atom is 0.306 e. The van der Waals surface area contributed by atoms with Gasteiger partial charge in [0.15, 0.2) is 6.10 Å². The zero-order valence-corrected chi connectivity index (χ0v) is 51.0. The summed E-state index contributed by atoms with van der Waals surface area (Å²) >= 11 is 0. The highest BCUT2D eigenvalue weighted by molar-refractivity contribution is 5.71. The lowest BCUT2D eigenvalue weighted by Gasteiger charge is -2.18. The fourth-order valence-corrected chi connectivity index (χ4v) is 9.40. The predicted octanol–water partition coefficient (Wildman–Crippen LogP) is 22.7. The van der Waals surface area contributed by atoms with Crippen LogP contribution in [0.3, 0.4) is 0 Å². The largest absolute Gasteiger partial charge is 0.462 e. The number of hydrogen-bond acceptors (Lipinski definition) is 6. The fraction of sp³-hybridized carbons (Fsp3) is 0.761. The van der Waals surface area contributed by atoms with Crippen molar-refractivity contribution in [1.29, 1.82) is 0 Å². The fourth-order valence-electron chi connectivity index (χ4n) is 9.40. The zero-order chi connectivity index (χ0) is 55.7. The Hall–Kier alpha value is -3.41. The van der Waals surface area contributed by atoms with Gasteiger partial charge < -0.3 is 14.2 Å². The Morgan fingerprint density at radius 2 is 0.506 bits per heavy atom. The van der Waals surface area contributed by atoms with Gasteiger partial charge in [0.05, 0.1) is 0 Å². The predicted molar refractivity (Wildman–Crippen MR) is 334 cm³/mol. The molecule has 0 spiro atoms. The highest BCUT2D eigenvalue weighted by atomic mass is 16.6. The van der Waals surface area contributed by atoms with E-state index < -0.39 is 6.10 Å². The summed E-state index contributed by atoms with van der Waals surface area (Å²) in [4.78, 5) is 38.3. The molecule has 0 aliphatic rings. The van der Waals surface area contributed by atoms with Gasteiger partial charge in [-0.2, -0.15) is 0 Å². The minimum atomic E-state index is -0.794. The van der Waals surface area contributed by atoms with E-state index in [0.717, 1.165) is 103 Å². The van der Waals surface area contributed by atoms with Gasteiger partial charge in [0.2, 0.25) is 0 Å². The van der Waals surface area contributed by atoms with E-state index in [9.17, 15) is 14.4 Å². The molecular formula is C71H124O6. The highest BCUT2D eigenvalue weighted by Crippen LogP contribution is 2.16. The average Bonchev–Trinajstić information content (AvgIpc) is 3.43. The van der Waals surface area contributed by atoms with Gasteiger partial charge in [-0.3, -0.25) is 14.4 Å². The Kier molecular flexibility index (Phi) is 62.2. The standard InChI is InChI=1S/C71H124O6/c1-4-7-10-13-16-19-22-25-27-29-31-33-35-37-39-41-43-46-49-52-55-58-61-64-70(73)76-67-68(66-75-69(72)63-60-57-54-51-48-45-24-21-18-15-12-9-6-3)77-71(74)65-62-59-56-53-50-47-44-42-40-38-36-34-32-30-28-26-23-20-17-14-11-8-5-2/h9,12,18,21-22,25,29-32,35,37,45,48,68H,4-8,10-11,13-17,19-20,23-24,26-28,33-34,36,38-44,46-47,49-67H2,1-3H3/b12-9-,21-18-,25-22-,31-29-,32-30-,37-35-,48-45-. The molecule has 6 heteroatoms. The molecule has 0 bridgehead atoms. The summed E-state index contributed by atoms with van der Waals surface area (Å²) in [5.41, 5.74) is 0. The van der Waals surface area contributed by atoms with Crippen LogP contribution in [0.5, 0.6) is 0 Å². The number of carbonyl (C=O) groups excluding carboxylic acids is 3. The van der Waals surface area contributed by atoms with Gasteiger partial charge in [-0.05, 0) is 116 Å². The van der Waals surface area contributed by atoms with E-state index in [1.54, 1.807) is 0 Å². The first kappa shape index (κ1) is 73.6. The Bertz CT molecular complexity index is 1470. The topological polar surface area (TPSA) is 78.9 Å². The summed E-state index contributed by atoms with van der Waals surface area (Å²) in [6.45, 7) is 6.52. The quantitative estimate of drug-likeness (QED) is 0.0261. The molecule has 0 fully saturated rings. The number of allylic oxidation sites excluding steroid dienone is 14. The summed E-state index contributed by atoms with van der Waals surface area (Å²) in [6.07, 6.45) is 86.0. The minimum absolute atomic E-state index is 0.0892. The summed E-state index contributed by atoms with van der Waals surface area (Å²) in [5.74, 6) is -0.914. The third kappa shape index (κ3) is 63.3. The average molecular weight is 1070 g/mol. The van der Waals surface area contributed by atoms with Crippen molar-refractivity contribution in [3.63, 3.8) is 0 Å². The third-order valence-electron chi connectivity index (χ3n) is 14.4. The molecule has 0 aliphatic heterocycles. The van der Waals surface area contributed by atoms with Crippen molar-refractivity contribution >= 4 is 17.9 Å². The molecule has 0 aromatic heterocycles. The number of hydrogen-bond donors (Lipinski definition) is 0. The molecule has 77 heavy (non-hydrogen) atoms. The van der Waals surface area contributed by atoms with Crippen LogP contribution in [0.4, 0.5) is 0 Å². The number of rotatable bonds is 60. The van der Waals surface area contributed by atoms with Crippen molar-refractivity contribution in [2.75, 3.05) is 13.2 Å². The summed E-state index contributed by atoms with van der Waals surface area (Å²) in [5, 5.41) is 0. The summed E-state index contributed by atoms with van der Waals surface area (Å²) < 4.78 is 16.9. The monoisotopic (exact) mass is 1070 g/mol. The molecule has 0 heterocycles. The van der Waals surface area contributed by atoms with E-state index in [4.69, 9.17) is 14.2 Å². The van der Waals surface area contributed by atoms with E-state index in [1.807, 2.05) is 0 Å². The van der Waals surface area contributed by atoms with Crippen LogP contribution in [0.1, 0.15) is 329 Å². The number of carbonyl (C=O) groups is 3. The smallest absolute Gasteiger partial charge is 0.306 e. The molecule has 0 aromatic rings. The number of ether oxygens (including phenoxy) is 3. The lowest BCUT2D eigenvalue weighted by Crippen LogP contribution is -2.30.